The molecule has 126 valence electrons. The summed E-state index contributed by atoms with van der Waals surface area (Å²) in [6, 6.07) is 18.0. The number of nitro groups is 1. The minimum Gasteiger partial charge on any atom is -0.496 e. The van der Waals surface area contributed by atoms with Gasteiger partial charge in [0.25, 0.3) is 5.69 Å². The number of thioether (sulfide) groups is 1. The Morgan fingerprint density at radius 1 is 1.08 bits per heavy atom. The van der Waals surface area contributed by atoms with Gasteiger partial charge >= 0.3 is 0 Å². The molecule has 3 rings (SSSR count). The summed E-state index contributed by atoms with van der Waals surface area (Å²) in [5.74, 6) is 1.33. The van der Waals surface area contributed by atoms with Crippen LogP contribution in [0.25, 0.3) is 11.3 Å². The second-order valence-electron chi connectivity index (χ2n) is 5.17. The number of rotatable bonds is 6. The lowest BCUT2D eigenvalue weighted by Crippen LogP contribution is -1.93. The van der Waals surface area contributed by atoms with Gasteiger partial charge in [0, 0.05) is 23.4 Å². The summed E-state index contributed by atoms with van der Waals surface area (Å²) in [5, 5.41) is 20.1. The molecular weight excluding hydrogens is 338 g/mol. The quantitative estimate of drug-likeness (QED) is 0.372. The topological polar surface area (TPSA) is 78.2 Å². The van der Waals surface area contributed by atoms with Gasteiger partial charge in [0.2, 0.25) is 0 Å². The summed E-state index contributed by atoms with van der Waals surface area (Å²) in [6.07, 6.45) is 0. The van der Waals surface area contributed by atoms with Gasteiger partial charge in [0.05, 0.1) is 17.7 Å². The maximum Gasteiger partial charge on any atom is 0.269 e. The van der Waals surface area contributed by atoms with E-state index in [0.29, 0.717) is 5.75 Å². The van der Waals surface area contributed by atoms with Crippen LogP contribution >= 0.6 is 11.8 Å². The van der Waals surface area contributed by atoms with Gasteiger partial charge in [-0.05, 0) is 29.8 Å². The first-order valence-electron chi connectivity index (χ1n) is 7.50. The summed E-state index contributed by atoms with van der Waals surface area (Å²) in [6.45, 7) is 0. The highest BCUT2D eigenvalue weighted by Gasteiger charge is 2.09. The van der Waals surface area contributed by atoms with Crippen LogP contribution in [0, 0.1) is 10.1 Å². The van der Waals surface area contributed by atoms with Crippen molar-refractivity contribution in [2.75, 3.05) is 7.11 Å². The Bertz CT molecular complexity index is 885. The van der Waals surface area contributed by atoms with E-state index in [1.807, 2.05) is 42.5 Å². The van der Waals surface area contributed by atoms with Crippen molar-refractivity contribution in [3.63, 3.8) is 0 Å². The normalized spacial score (nSPS) is 10.4. The van der Waals surface area contributed by atoms with Crippen LogP contribution in [0.1, 0.15) is 5.56 Å². The van der Waals surface area contributed by atoms with Crippen LogP contribution in [0.5, 0.6) is 5.75 Å². The van der Waals surface area contributed by atoms with E-state index in [0.717, 1.165) is 27.6 Å². The van der Waals surface area contributed by atoms with Crippen LogP contribution in [0.3, 0.4) is 0 Å². The smallest absolute Gasteiger partial charge is 0.269 e. The monoisotopic (exact) mass is 353 g/mol. The maximum atomic E-state index is 10.8. The van der Waals surface area contributed by atoms with Crippen molar-refractivity contribution in [1.29, 1.82) is 0 Å². The molecule has 2 aromatic carbocycles. The highest BCUT2D eigenvalue weighted by Crippen LogP contribution is 2.29. The summed E-state index contributed by atoms with van der Waals surface area (Å²) in [7, 11) is 1.62. The van der Waals surface area contributed by atoms with E-state index in [-0.39, 0.29) is 5.69 Å². The SMILES string of the molecule is COc1ccccc1-c1ccc(SCc2cccc([N+](=O)[O-])c2)nn1. The van der Waals surface area contributed by atoms with Crippen molar-refractivity contribution < 1.29 is 9.66 Å². The minimum atomic E-state index is -0.393. The van der Waals surface area contributed by atoms with Gasteiger partial charge in [-0.15, -0.1) is 10.2 Å². The first kappa shape index (κ1) is 16.9. The van der Waals surface area contributed by atoms with Crippen LogP contribution in [0.15, 0.2) is 65.7 Å². The molecule has 3 aromatic rings. The predicted molar refractivity (Wildman–Crippen MR) is 96.7 cm³/mol. The van der Waals surface area contributed by atoms with Crippen LogP contribution < -0.4 is 4.74 Å². The summed E-state index contributed by atoms with van der Waals surface area (Å²) < 4.78 is 5.34. The Morgan fingerprint density at radius 3 is 2.64 bits per heavy atom. The lowest BCUT2D eigenvalue weighted by molar-refractivity contribution is -0.384. The third-order valence-corrected chi connectivity index (χ3v) is 4.52. The molecule has 7 heteroatoms. The maximum absolute atomic E-state index is 10.8. The molecule has 25 heavy (non-hydrogen) atoms. The van der Waals surface area contributed by atoms with Gasteiger partial charge in [0.15, 0.2) is 0 Å². The van der Waals surface area contributed by atoms with Crippen molar-refractivity contribution in [2.45, 2.75) is 10.8 Å². The summed E-state index contributed by atoms with van der Waals surface area (Å²) in [5.41, 5.74) is 2.58. The zero-order chi connectivity index (χ0) is 17.6. The number of nitro benzene ring substituents is 1. The molecule has 0 fully saturated rings. The first-order valence-corrected chi connectivity index (χ1v) is 8.49. The number of benzene rings is 2. The van der Waals surface area contributed by atoms with E-state index in [9.17, 15) is 10.1 Å². The summed E-state index contributed by atoms with van der Waals surface area (Å²) >= 11 is 1.48. The van der Waals surface area contributed by atoms with Gasteiger partial charge in [-0.3, -0.25) is 10.1 Å². The third kappa shape index (κ3) is 4.13. The van der Waals surface area contributed by atoms with E-state index in [2.05, 4.69) is 10.2 Å². The van der Waals surface area contributed by atoms with Crippen molar-refractivity contribution in [2.24, 2.45) is 0 Å². The molecule has 1 heterocycles. The number of para-hydroxylation sites is 1. The standard InChI is InChI=1S/C18H15N3O3S/c1-24-17-8-3-2-7-15(17)16-9-10-18(20-19-16)25-12-13-5-4-6-14(11-13)21(22)23/h2-11H,12H2,1H3. The van der Waals surface area contributed by atoms with Gasteiger partial charge in [0.1, 0.15) is 10.8 Å². The molecule has 0 saturated carbocycles. The molecule has 1 aromatic heterocycles. The molecular formula is C18H15N3O3S. The van der Waals surface area contributed by atoms with Crippen molar-refractivity contribution >= 4 is 17.4 Å². The Labute approximate surface area is 149 Å². The lowest BCUT2D eigenvalue weighted by Gasteiger charge is -2.07. The molecule has 0 amide bonds. The second kappa shape index (κ2) is 7.76. The Hall–Kier alpha value is -2.93. The Kier molecular flexibility index (Phi) is 5.25. The van der Waals surface area contributed by atoms with Crippen LogP contribution in [0.4, 0.5) is 5.69 Å². The fraction of sp³-hybridized carbons (Fsp3) is 0.111. The Balaban J connectivity index is 1.71. The number of hydrogen-bond acceptors (Lipinski definition) is 6. The molecule has 0 spiro atoms. The number of non-ortho nitro benzene ring substituents is 1. The molecule has 0 aliphatic rings. The zero-order valence-electron chi connectivity index (χ0n) is 13.5. The molecule has 0 bridgehead atoms. The van der Waals surface area contributed by atoms with E-state index >= 15 is 0 Å². The molecule has 0 atom stereocenters. The number of methoxy groups -OCH3 is 1. The number of aromatic nitrogens is 2. The Morgan fingerprint density at radius 2 is 1.92 bits per heavy atom. The van der Waals surface area contributed by atoms with Crippen molar-refractivity contribution in [3.05, 3.63) is 76.3 Å². The molecule has 0 aliphatic carbocycles. The van der Waals surface area contributed by atoms with Crippen molar-refractivity contribution in [1.82, 2.24) is 10.2 Å². The van der Waals surface area contributed by atoms with Gasteiger partial charge < -0.3 is 4.74 Å². The van der Waals surface area contributed by atoms with Gasteiger partial charge in [-0.25, -0.2) is 0 Å². The number of ether oxygens (including phenoxy) is 1. The first-order chi connectivity index (χ1) is 12.2. The zero-order valence-corrected chi connectivity index (χ0v) is 14.3. The predicted octanol–water partition coefficient (Wildman–Crippen LogP) is 4.35. The highest BCUT2D eigenvalue weighted by molar-refractivity contribution is 7.98. The average molecular weight is 353 g/mol. The van der Waals surface area contributed by atoms with Gasteiger partial charge in [-0.1, -0.05) is 36.0 Å². The average Bonchev–Trinajstić information content (AvgIpc) is 2.67. The van der Waals surface area contributed by atoms with E-state index < -0.39 is 4.92 Å². The second-order valence-corrected chi connectivity index (χ2v) is 6.17. The van der Waals surface area contributed by atoms with Crippen LogP contribution in [-0.4, -0.2) is 22.2 Å². The molecule has 0 unspecified atom stereocenters. The number of nitrogens with zero attached hydrogens (tertiary/aromatic N) is 3. The molecule has 0 aliphatic heterocycles. The van der Waals surface area contributed by atoms with Crippen molar-refractivity contribution in [3.8, 4) is 17.0 Å². The van der Waals surface area contributed by atoms with Gasteiger partial charge in [-0.2, -0.15) is 0 Å². The third-order valence-electron chi connectivity index (χ3n) is 3.53. The largest absolute Gasteiger partial charge is 0.496 e. The lowest BCUT2D eigenvalue weighted by atomic mass is 10.1. The van der Waals surface area contributed by atoms with E-state index in [1.54, 1.807) is 19.2 Å². The summed E-state index contributed by atoms with van der Waals surface area (Å²) in [4.78, 5) is 10.4. The fourth-order valence-electron chi connectivity index (χ4n) is 2.31. The van der Waals surface area contributed by atoms with E-state index in [1.165, 1.54) is 17.8 Å². The highest BCUT2D eigenvalue weighted by atomic mass is 32.2. The molecule has 0 N–H and O–H groups in total. The minimum absolute atomic E-state index is 0.0932. The molecule has 0 saturated heterocycles. The fourth-order valence-corrected chi connectivity index (χ4v) is 3.07. The van der Waals surface area contributed by atoms with Crippen LogP contribution in [-0.2, 0) is 5.75 Å². The molecule has 6 nitrogen and oxygen atoms in total. The van der Waals surface area contributed by atoms with E-state index in [4.69, 9.17) is 4.74 Å². The molecule has 0 radical (unpaired) electrons. The van der Waals surface area contributed by atoms with Crippen LogP contribution in [0.2, 0.25) is 0 Å². The number of hydrogen-bond donors (Lipinski definition) is 0.